The van der Waals surface area contributed by atoms with Gasteiger partial charge >= 0.3 is 0 Å². The van der Waals surface area contributed by atoms with Crippen molar-refractivity contribution in [1.29, 1.82) is 0 Å². The number of carbonyl (C=O) groups is 1. The molecule has 0 bridgehead atoms. The van der Waals surface area contributed by atoms with E-state index in [1.54, 1.807) is 33.0 Å². The van der Waals surface area contributed by atoms with Crippen LogP contribution in [0.5, 0.6) is 0 Å². The van der Waals surface area contributed by atoms with Crippen molar-refractivity contribution in [1.82, 2.24) is 0 Å². The summed E-state index contributed by atoms with van der Waals surface area (Å²) in [6.45, 7) is 3.56. The molecule has 0 heterocycles. The van der Waals surface area contributed by atoms with Gasteiger partial charge in [-0.15, -0.1) is 11.6 Å². The van der Waals surface area contributed by atoms with E-state index in [9.17, 15) is 9.18 Å². The molecule has 0 atom stereocenters. The Kier molecular flexibility index (Phi) is 3.92. The topological polar surface area (TPSA) is 20.3 Å². The van der Waals surface area contributed by atoms with Crippen LogP contribution in [0.2, 0.25) is 0 Å². The van der Waals surface area contributed by atoms with Crippen molar-refractivity contribution in [3.8, 4) is 0 Å². The summed E-state index contributed by atoms with van der Waals surface area (Å²) in [5.41, 5.74) is 0.0367. The van der Waals surface area contributed by atoms with E-state index >= 15 is 0 Å². The van der Waals surface area contributed by atoms with Crippen LogP contribution in [0.15, 0.2) is 24.3 Å². The van der Waals surface area contributed by atoms with Gasteiger partial charge in [0.15, 0.2) is 0 Å². The van der Waals surface area contributed by atoms with Gasteiger partial charge in [-0.25, -0.2) is 4.39 Å². The Bertz CT molecular complexity index is 375. The van der Waals surface area contributed by atoms with E-state index in [0.29, 0.717) is 5.69 Å². The van der Waals surface area contributed by atoms with Crippen molar-refractivity contribution < 1.29 is 9.18 Å². The minimum Gasteiger partial charge on any atom is -0.315 e. The van der Waals surface area contributed by atoms with E-state index in [-0.39, 0.29) is 17.6 Å². The molecule has 0 aliphatic rings. The number of carbonyl (C=O) groups excluding carboxylic acids is 1. The van der Waals surface area contributed by atoms with Gasteiger partial charge in [0, 0.05) is 18.6 Å². The molecule has 0 N–H and O–H groups in total. The first kappa shape index (κ1) is 13.0. The van der Waals surface area contributed by atoms with Crippen molar-refractivity contribution in [3.63, 3.8) is 0 Å². The monoisotopic (exact) mass is 243 g/mol. The van der Waals surface area contributed by atoms with Crippen LogP contribution >= 0.6 is 11.6 Å². The summed E-state index contributed by atoms with van der Waals surface area (Å²) in [6, 6.07) is 5.79. The number of rotatable bonds is 3. The molecule has 0 saturated heterocycles. The Morgan fingerprint density at radius 2 is 1.88 bits per heavy atom. The lowest BCUT2D eigenvalue weighted by Gasteiger charge is -2.27. The number of benzene rings is 1. The lowest BCUT2D eigenvalue weighted by atomic mass is 9.94. The van der Waals surface area contributed by atoms with Gasteiger partial charge < -0.3 is 4.90 Å². The molecular formula is C12H15ClFNO. The minimum absolute atomic E-state index is 0.0888. The first-order valence-corrected chi connectivity index (χ1v) is 5.51. The average Bonchev–Trinajstić information content (AvgIpc) is 2.28. The van der Waals surface area contributed by atoms with Crippen molar-refractivity contribution in [3.05, 3.63) is 30.1 Å². The molecule has 4 heteroatoms. The molecule has 1 aromatic carbocycles. The molecule has 0 aromatic heterocycles. The highest BCUT2D eigenvalue weighted by molar-refractivity contribution is 6.20. The third-order valence-electron chi connectivity index (χ3n) is 2.43. The zero-order valence-electron chi connectivity index (χ0n) is 9.63. The van der Waals surface area contributed by atoms with E-state index in [4.69, 9.17) is 11.6 Å². The lowest BCUT2D eigenvalue weighted by molar-refractivity contribution is -0.125. The lowest BCUT2D eigenvalue weighted by Crippen LogP contribution is -2.39. The second kappa shape index (κ2) is 4.83. The van der Waals surface area contributed by atoms with Gasteiger partial charge in [-0.05, 0) is 38.1 Å². The van der Waals surface area contributed by atoms with Crippen LogP contribution in [0.4, 0.5) is 10.1 Å². The fourth-order valence-electron chi connectivity index (χ4n) is 1.29. The molecule has 1 amide bonds. The summed E-state index contributed by atoms with van der Waals surface area (Å²) >= 11 is 5.74. The predicted octanol–water partition coefficient (Wildman–Crippen LogP) is 3.05. The van der Waals surface area contributed by atoms with Gasteiger partial charge in [0.05, 0.1) is 5.41 Å². The van der Waals surface area contributed by atoms with Gasteiger partial charge in [0.25, 0.3) is 0 Å². The van der Waals surface area contributed by atoms with Crippen LogP contribution in [-0.2, 0) is 4.79 Å². The van der Waals surface area contributed by atoms with Crippen LogP contribution in [0, 0.1) is 11.2 Å². The maximum absolute atomic E-state index is 12.7. The van der Waals surface area contributed by atoms with Crippen molar-refractivity contribution in [2.75, 3.05) is 17.8 Å². The zero-order chi connectivity index (χ0) is 12.3. The highest BCUT2D eigenvalue weighted by atomic mass is 35.5. The predicted molar refractivity (Wildman–Crippen MR) is 64.3 cm³/mol. The van der Waals surface area contributed by atoms with Gasteiger partial charge in [0.1, 0.15) is 5.82 Å². The molecule has 0 radical (unpaired) electrons. The smallest absolute Gasteiger partial charge is 0.233 e. The van der Waals surface area contributed by atoms with Gasteiger partial charge in [-0.2, -0.15) is 0 Å². The largest absolute Gasteiger partial charge is 0.315 e. The molecular weight excluding hydrogens is 229 g/mol. The number of nitrogens with zero attached hydrogens (tertiary/aromatic N) is 1. The highest BCUT2D eigenvalue weighted by Crippen LogP contribution is 2.24. The molecule has 1 aromatic rings. The Labute approximate surface area is 100 Å². The Morgan fingerprint density at radius 3 is 2.31 bits per heavy atom. The minimum atomic E-state index is -0.620. The molecule has 88 valence electrons. The molecule has 0 aliphatic carbocycles. The third kappa shape index (κ3) is 2.73. The number of hydrogen-bond donors (Lipinski definition) is 0. The Hall–Kier alpha value is -1.09. The summed E-state index contributed by atoms with van der Waals surface area (Å²) < 4.78 is 12.7. The SMILES string of the molecule is CN(C(=O)C(C)(C)CCl)c1ccc(F)cc1. The standard InChI is InChI=1S/C12H15ClFNO/c1-12(2,8-13)11(16)15(3)10-6-4-9(14)5-7-10/h4-7H,8H2,1-3H3. The molecule has 1 rings (SSSR count). The van der Waals surface area contributed by atoms with E-state index in [1.165, 1.54) is 17.0 Å². The molecule has 16 heavy (non-hydrogen) atoms. The summed E-state index contributed by atoms with van der Waals surface area (Å²) in [7, 11) is 1.66. The maximum Gasteiger partial charge on any atom is 0.233 e. The van der Waals surface area contributed by atoms with Gasteiger partial charge in [0.2, 0.25) is 5.91 Å². The van der Waals surface area contributed by atoms with Crippen LogP contribution in [0.3, 0.4) is 0 Å². The molecule has 0 unspecified atom stereocenters. The van der Waals surface area contributed by atoms with Crippen LogP contribution in [-0.4, -0.2) is 18.8 Å². The molecule has 0 saturated carbocycles. The number of alkyl halides is 1. The number of amides is 1. The molecule has 0 fully saturated rings. The summed E-state index contributed by atoms with van der Waals surface area (Å²) in [5, 5.41) is 0. The normalized spacial score (nSPS) is 11.3. The molecule has 2 nitrogen and oxygen atoms in total. The second-order valence-corrected chi connectivity index (χ2v) is 4.63. The number of hydrogen-bond acceptors (Lipinski definition) is 1. The maximum atomic E-state index is 12.7. The molecule has 0 spiro atoms. The first-order chi connectivity index (χ1) is 7.38. The van der Waals surface area contributed by atoms with Crippen LogP contribution in [0.25, 0.3) is 0 Å². The Morgan fingerprint density at radius 1 is 1.38 bits per heavy atom. The summed E-state index contributed by atoms with van der Waals surface area (Å²) in [6.07, 6.45) is 0. The fourth-order valence-corrected chi connectivity index (χ4v) is 1.41. The van der Waals surface area contributed by atoms with Crippen LogP contribution in [0.1, 0.15) is 13.8 Å². The van der Waals surface area contributed by atoms with Crippen molar-refractivity contribution >= 4 is 23.2 Å². The van der Waals surface area contributed by atoms with Crippen molar-refractivity contribution in [2.45, 2.75) is 13.8 Å². The van der Waals surface area contributed by atoms with Gasteiger partial charge in [-0.1, -0.05) is 0 Å². The van der Waals surface area contributed by atoms with Gasteiger partial charge in [-0.3, -0.25) is 4.79 Å². The van der Waals surface area contributed by atoms with E-state index in [0.717, 1.165) is 0 Å². The quantitative estimate of drug-likeness (QED) is 0.748. The third-order valence-corrected chi connectivity index (χ3v) is 3.10. The average molecular weight is 244 g/mol. The Balaban J connectivity index is 2.90. The highest BCUT2D eigenvalue weighted by Gasteiger charge is 2.30. The number of anilines is 1. The summed E-state index contributed by atoms with van der Waals surface area (Å²) in [5.74, 6) is -0.160. The zero-order valence-corrected chi connectivity index (χ0v) is 10.4. The van der Waals surface area contributed by atoms with E-state index in [2.05, 4.69) is 0 Å². The van der Waals surface area contributed by atoms with Crippen LogP contribution < -0.4 is 4.90 Å². The summed E-state index contributed by atoms with van der Waals surface area (Å²) in [4.78, 5) is 13.5. The molecule has 0 aliphatic heterocycles. The fraction of sp³-hybridized carbons (Fsp3) is 0.417. The van der Waals surface area contributed by atoms with E-state index < -0.39 is 5.41 Å². The van der Waals surface area contributed by atoms with Crippen molar-refractivity contribution in [2.24, 2.45) is 5.41 Å². The van der Waals surface area contributed by atoms with E-state index in [1.807, 2.05) is 0 Å². The second-order valence-electron chi connectivity index (χ2n) is 4.36. The number of halogens is 2. The first-order valence-electron chi connectivity index (χ1n) is 4.98.